The number of aryl methyl sites for hydroxylation is 1. The third-order valence-electron chi connectivity index (χ3n) is 3.74. The summed E-state index contributed by atoms with van der Waals surface area (Å²) in [6.07, 6.45) is 0. The summed E-state index contributed by atoms with van der Waals surface area (Å²) in [4.78, 5) is 29.2. The molecule has 0 aliphatic rings. The highest BCUT2D eigenvalue weighted by Gasteiger charge is 2.18. The first kappa shape index (κ1) is 20.6. The third-order valence-corrected chi connectivity index (χ3v) is 5.04. The maximum atomic E-state index is 12.9. The summed E-state index contributed by atoms with van der Waals surface area (Å²) in [5.74, 6) is -0.354. The lowest BCUT2D eigenvalue weighted by molar-refractivity contribution is 0.102. The highest BCUT2D eigenvalue weighted by Crippen LogP contribution is 2.30. The minimum atomic E-state index is -0.561. The van der Waals surface area contributed by atoms with Gasteiger partial charge in [0.15, 0.2) is 5.13 Å². The van der Waals surface area contributed by atoms with Crippen LogP contribution in [0.25, 0.3) is 0 Å². The van der Waals surface area contributed by atoms with Gasteiger partial charge in [-0.25, -0.2) is 14.2 Å². The van der Waals surface area contributed by atoms with E-state index in [-0.39, 0.29) is 5.13 Å². The molecule has 150 valence electrons. The predicted octanol–water partition coefficient (Wildman–Crippen LogP) is 5.15. The van der Waals surface area contributed by atoms with Gasteiger partial charge in [0, 0.05) is 10.7 Å². The standard InChI is InChI=1S/C19H16ClFN4O3S/c1-10-16(17(26)24-14-9-11(20)3-8-15(14)28-2)29-19(22-10)25-18(27)23-13-6-4-12(21)5-7-13/h3-9H,1-2H3,(H,24,26)(H2,22,23,25,27). The fourth-order valence-electron chi connectivity index (χ4n) is 2.41. The minimum absolute atomic E-state index is 0.241. The fraction of sp³-hybridized carbons (Fsp3) is 0.105. The maximum absolute atomic E-state index is 12.9. The van der Waals surface area contributed by atoms with Crippen LogP contribution in [0, 0.1) is 12.7 Å². The molecule has 0 radical (unpaired) electrons. The summed E-state index contributed by atoms with van der Waals surface area (Å²) in [6, 6.07) is 9.63. The topological polar surface area (TPSA) is 92.4 Å². The van der Waals surface area contributed by atoms with Crippen LogP contribution in [0.1, 0.15) is 15.4 Å². The number of hydrogen-bond donors (Lipinski definition) is 3. The number of methoxy groups -OCH3 is 1. The molecule has 0 saturated carbocycles. The molecule has 0 aliphatic carbocycles. The Morgan fingerprint density at radius 2 is 1.83 bits per heavy atom. The second-order valence-electron chi connectivity index (χ2n) is 5.82. The van der Waals surface area contributed by atoms with Crippen LogP contribution in [0.3, 0.4) is 0 Å². The summed E-state index contributed by atoms with van der Waals surface area (Å²) in [6.45, 7) is 1.66. The zero-order valence-electron chi connectivity index (χ0n) is 15.4. The largest absolute Gasteiger partial charge is 0.495 e. The number of carbonyl (C=O) groups excluding carboxylic acids is 2. The van der Waals surface area contributed by atoms with Gasteiger partial charge in [-0.15, -0.1) is 0 Å². The first-order chi connectivity index (χ1) is 13.9. The van der Waals surface area contributed by atoms with Crippen molar-refractivity contribution >= 4 is 51.4 Å². The van der Waals surface area contributed by atoms with Crippen molar-refractivity contribution in [2.24, 2.45) is 0 Å². The van der Waals surface area contributed by atoms with Crippen LogP contribution in [0.4, 0.5) is 25.7 Å². The Morgan fingerprint density at radius 1 is 1.10 bits per heavy atom. The maximum Gasteiger partial charge on any atom is 0.325 e. The third kappa shape index (κ3) is 5.21. The van der Waals surface area contributed by atoms with Gasteiger partial charge in [-0.3, -0.25) is 10.1 Å². The van der Waals surface area contributed by atoms with Gasteiger partial charge in [-0.1, -0.05) is 22.9 Å². The normalized spacial score (nSPS) is 10.3. The number of halogens is 2. The van der Waals surface area contributed by atoms with Crippen molar-refractivity contribution in [1.82, 2.24) is 4.98 Å². The quantitative estimate of drug-likeness (QED) is 0.517. The molecule has 0 bridgehead atoms. The van der Waals surface area contributed by atoms with Crippen molar-refractivity contribution in [3.05, 3.63) is 63.9 Å². The number of carbonyl (C=O) groups is 2. The number of anilines is 3. The van der Waals surface area contributed by atoms with Gasteiger partial charge in [0.2, 0.25) is 0 Å². The Hall–Kier alpha value is -3.17. The number of urea groups is 1. The zero-order valence-corrected chi connectivity index (χ0v) is 17.0. The lowest BCUT2D eigenvalue weighted by Gasteiger charge is -2.09. The van der Waals surface area contributed by atoms with Crippen molar-refractivity contribution in [2.45, 2.75) is 6.92 Å². The van der Waals surface area contributed by atoms with E-state index in [0.29, 0.717) is 32.7 Å². The number of nitrogens with one attached hydrogen (secondary N) is 3. The minimum Gasteiger partial charge on any atom is -0.495 e. The van der Waals surface area contributed by atoms with Gasteiger partial charge in [-0.2, -0.15) is 0 Å². The summed E-state index contributed by atoms with van der Waals surface area (Å²) < 4.78 is 18.1. The van der Waals surface area contributed by atoms with E-state index in [1.165, 1.54) is 31.4 Å². The number of nitrogens with zero attached hydrogens (tertiary/aromatic N) is 1. The average Bonchev–Trinajstić information content (AvgIpc) is 3.04. The van der Waals surface area contributed by atoms with E-state index in [4.69, 9.17) is 16.3 Å². The molecule has 0 unspecified atom stereocenters. The smallest absolute Gasteiger partial charge is 0.325 e. The molecule has 29 heavy (non-hydrogen) atoms. The number of ether oxygens (including phenoxy) is 1. The van der Waals surface area contributed by atoms with E-state index >= 15 is 0 Å². The molecule has 0 aliphatic heterocycles. The molecule has 0 fully saturated rings. The molecule has 1 heterocycles. The van der Waals surface area contributed by atoms with E-state index in [9.17, 15) is 14.0 Å². The highest BCUT2D eigenvalue weighted by atomic mass is 35.5. The van der Waals surface area contributed by atoms with Crippen LogP contribution in [0.2, 0.25) is 5.02 Å². The summed E-state index contributed by atoms with van der Waals surface area (Å²) >= 11 is 7.00. The van der Waals surface area contributed by atoms with E-state index in [2.05, 4.69) is 20.9 Å². The number of benzene rings is 2. The molecule has 3 N–H and O–H groups in total. The number of thiazole rings is 1. The van der Waals surface area contributed by atoms with Gasteiger partial charge >= 0.3 is 6.03 Å². The van der Waals surface area contributed by atoms with E-state index in [0.717, 1.165) is 11.3 Å². The average molecular weight is 435 g/mol. The van der Waals surface area contributed by atoms with Gasteiger partial charge in [-0.05, 0) is 49.4 Å². The summed E-state index contributed by atoms with van der Waals surface area (Å²) in [5, 5.41) is 8.53. The number of hydrogen-bond acceptors (Lipinski definition) is 5. The van der Waals surface area contributed by atoms with Crippen molar-refractivity contribution in [1.29, 1.82) is 0 Å². The van der Waals surface area contributed by atoms with Crippen molar-refractivity contribution in [3.8, 4) is 5.75 Å². The van der Waals surface area contributed by atoms with Gasteiger partial charge in [0.1, 0.15) is 16.4 Å². The monoisotopic (exact) mass is 434 g/mol. The van der Waals surface area contributed by atoms with Crippen LogP contribution < -0.4 is 20.7 Å². The molecule has 0 spiro atoms. The predicted molar refractivity (Wildman–Crippen MR) is 112 cm³/mol. The van der Waals surface area contributed by atoms with Crippen LogP contribution in [-0.2, 0) is 0 Å². The Bertz CT molecular complexity index is 1060. The second-order valence-corrected chi connectivity index (χ2v) is 7.25. The van der Waals surface area contributed by atoms with Gasteiger partial charge in [0.05, 0.1) is 18.5 Å². The summed E-state index contributed by atoms with van der Waals surface area (Å²) in [7, 11) is 1.48. The van der Waals surface area contributed by atoms with Crippen molar-refractivity contribution < 1.29 is 18.7 Å². The lowest BCUT2D eigenvalue weighted by Crippen LogP contribution is -2.19. The molecular weight excluding hydrogens is 419 g/mol. The SMILES string of the molecule is COc1ccc(Cl)cc1NC(=O)c1sc(NC(=O)Nc2ccc(F)cc2)nc1C. The molecule has 10 heteroatoms. The van der Waals surface area contributed by atoms with Crippen LogP contribution in [0.5, 0.6) is 5.75 Å². The fourth-order valence-corrected chi connectivity index (χ4v) is 3.44. The second kappa shape index (κ2) is 8.89. The van der Waals surface area contributed by atoms with Crippen molar-refractivity contribution in [3.63, 3.8) is 0 Å². The van der Waals surface area contributed by atoms with E-state index in [1.807, 2.05) is 0 Å². The lowest BCUT2D eigenvalue weighted by atomic mass is 10.2. The van der Waals surface area contributed by atoms with Crippen LogP contribution in [-0.4, -0.2) is 24.0 Å². The molecule has 2 aromatic carbocycles. The zero-order chi connectivity index (χ0) is 21.0. The molecular formula is C19H16ClFN4O3S. The van der Waals surface area contributed by atoms with Gasteiger partial charge < -0.3 is 15.4 Å². The highest BCUT2D eigenvalue weighted by molar-refractivity contribution is 7.17. The number of amides is 3. The van der Waals surface area contributed by atoms with E-state index < -0.39 is 17.8 Å². The molecule has 3 amide bonds. The Labute approximate surface area is 174 Å². The van der Waals surface area contributed by atoms with Crippen LogP contribution >= 0.6 is 22.9 Å². The Morgan fingerprint density at radius 3 is 2.52 bits per heavy atom. The molecule has 0 atom stereocenters. The molecule has 7 nitrogen and oxygen atoms in total. The molecule has 1 aromatic heterocycles. The molecule has 0 saturated heterocycles. The van der Waals surface area contributed by atoms with Gasteiger partial charge in [0.25, 0.3) is 5.91 Å². The first-order valence-electron chi connectivity index (χ1n) is 8.31. The molecule has 3 rings (SSSR count). The molecule has 3 aromatic rings. The number of rotatable bonds is 5. The summed E-state index contributed by atoms with van der Waals surface area (Å²) in [5.41, 5.74) is 1.29. The van der Waals surface area contributed by atoms with Crippen molar-refractivity contribution in [2.75, 3.05) is 23.1 Å². The Kier molecular flexibility index (Phi) is 6.30. The Balaban J connectivity index is 1.69. The first-order valence-corrected chi connectivity index (χ1v) is 9.51. The van der Waals surface area contributed by atoms with Crippen LogP contribution in [0.15, 0.2) is 42.5 Å². The van der Waals surface area contributed by atoms with E-state index in [1.54, 1.807) is 25.1 Å². The number of aromatic nitrogens is 1.